The summed E-state index contributed by atoms with van der Waals surface area (Å²) in [4.78, 5) is 0. The van der Waals surface area contributed by atoms with E-state index in [1.54, 1.807) is 12.1 Å². The van der Waals surface area contributed by atoms with Gasteiger partial charge in [-0.15, -0.1) is 10.2 Å². The Morgan fingerprint density at radius 1 is 1.06 bits per heavy atom. The van der Waals surface area contributed by atoms with E-state index >= 15 is 0 Å². The van der Waals surface area contributed by atoms with Crippen LogP contribution in [-0.4, -0.2) is 14.6 Å². The van der Waals surface area contributed by atoms with Crippen LogP contribution in [0, 0.1) is 5.82 Å². The van der Waals surface area contributed by atoms with Gasteiger partial charge in [-0.25, -0.2) is 4.39 Å². The third-order valence-corrected chi connectivity index (χ3v) is 3.11. The lowest BCUT2D eigenvalue weighted by atomic mass is 10.2. The molecule has 2 aromatic heterocycles. The van der Waals surface area contributed by atoms with E-state index in [-0.39, 0.29) is 5.82 Å². The first kappa shape index (κ1) is 10.4. The van der Waals surface area contributed by atoms with E-state index in [9.17, 15) is 4.39 Å². The molecular formula is C12H7BrFN3. The van der Waals surface area contributed by atoms with Crippen molar-refractivity contribution in [1.29, 1.82) is 0 Å². The molecule has 3 nitrogen and oxygen atoms in total. The first-order chi connectivity index (χ1) is 8.25. The molecule has 5 heteroatoms. The molecule has 0 aliphatic heterocycles. The largest absolute Gasteiger partial charge is 0.281 e. The van der Waals surface area contributed by atoms with E-state index in [2.05, 4.69) is 26.1 Å². The van der Waals surface area contributed by atoms with Crippen LogP contribution in [0.4, 0.5) is 4.39 Å². The van der Waals surface area contributed by atoms with Gasteiger partial charge in [0.2, 0.25) is 0 Å². The second-order valence-corrected chi connectivity index (χ2v) is 4.43. The van der Waals surface area contributed by atoms with Gasteiger partial charge in [0.15, 0.2) is 11.5 Å². The van der Waals surface area contributed by atoms with Crippen molar-refractivity contribution in [1.82, 2.24) is 14.6 Å². The minimum atomic E-state index is -0.260. The number of nitrogens with zero attached hydrogens (tertiary/aromatic N) is 3. The van der Waals surface area contributed by atoms with E-state index in [0.717, 1.165) is 15.7 Å². The van der Waals surface area contributed by atoms with Gasteiger partial charge >= 0.3 is 0 Å². The summed E-state index contributed by atoms with van der Waals surface area (Å²) in [5.74, 6) is 0.435. The zero-order valence-corrected chi connectivity index (χ0v) is 10.2. The molecule has 17 heavy (non-hydrogen) atoms. The standard InChI is InChI=1S/C12H7BrFN3/c13-10-2-1-7-17-11(15-16-12(10)17)8-3-5-9(14)6-4-8/h1-7H. The zero-order chi connectivity index (χ0) is 11.8. The number of benzene rings is 1. The molecule has 0 amide bonds. The minimum Gasteiger partial charge on any atom is -0.281 e. The van der Waals surface area contributed by atoms with Gasteiger partial charge in [0.25, 0.3) is 0 Å². The fourth-order valence-corrected chi connectivity index (χ4v) is 2.10. The average molecular weight is 292 g/mol. The average Bonchev–Trinajstić information content (AvgIpc) is 2.75. The molecule has 0 atom stereocenters. The molecule has 3 aromatic rings. The molecule has 0 saturated carbocycles. The summed E-state index contributed by atoms with van der Waals surface area (Å²) in [6, 6.07) is 9.99. The summed E-state index contributed by atoms with van der Waals surface area (Å²) >= 11 is 3.41. The highest BCUT2D eigenvalue weighted by Gasteiger charge is 2.09. The maximum atomic E-state index is 12.9. The number of hydrogen-bond acceptors (Lipinski definition) is 2. The summed E-state index contributed by atoms with van der Waals surface area (Å²) in [6.07, 6.45) is 1.87. The topological polar surface area (TPSA) is 30.2 Å². The highest BCUT2D eigenvalue weighted by molar-refractivity contribution is 9.10. The Morgan fingerprint density at radius 2 is 1.82 bits per heavy atom. The second-order valence-electron chi connectivity index (χ2n) is 3.58. The smallest absolute Gasteiger partial charge is 0.175 e. The Hall–Kier alpha value is -1.75. The van der Waals surface area contributed by atoms with Gasteiger partial charge in [-0.2, -0.15) is 0 Å². The molecular weight excluding hydrogens is 285 g/mol. The lowest BCUT2D eigenvalue weighted by Gasteiger charge is -2.00. The molecule has 0 aliphatic carbocycles. The van der Waals surface area contributed by atoms with Gasteiger partial charge in [-0.3, -0.25) is 4.40 Å². The van der Waals surface area contributed by atoms with Gasteiger partial charge in [0, 0.05) is 11.8 Å². The van der Waals surface area contributed by atoms with E-state index in [0.29, 0.717) is 5.82 Å². The number of hydrogen-bond donors (Lipinski definition) is 0. The van der Waals surface area contributed by atoms with Crippen molar-refractivity contribution >= 4 is 21.6 Å². The normalized spacial score (nSPS) is 10.9. The van der Waals surface area contributed by atoms with Crippen LogP contribution in [0.3, 0.4) is 0 Å². The number of aromatic nitrogens is 3. The van der Waals surface area contributed by atoms with Gasteiger partial charge in [0.1, 0.15) is 5.82 Å². The fourth-order valence-electron chi connectivity index (χ4n) is 1.68. The molecule has 0 spiro atoms. The number of halogens is 2. The van der Waals surface area contributed by atoms with E-state index in [4.69, 9.17) is 0 Å². The molecule has 0 bridgehead atoms. The molecule has 1 aromatic carbocycles. The van der Waals surface area contributed by atoms with Crippen LogP contribution in [0.15, 0.2) is 47.1 Å². The van der Waals surface area contributed by atoms with Crippen LogP contribution >= 0.6 is 15.9 Å². The second kappa shape index (κ2) is 3.92. The molecule has 0 unspecified atom stereocenters. The van der Waals surface area contributed by atoms with Crippen LogP contribution in [0.5, 0.6) is 0 Å². The Labute approximate surface area is 105 Å². The van der Waals surface area contributed by atoms with E-state index < -0.39 is 0 Å². The van der Waals surface area contributed by atoms with Crippen LogP contribution in [0.1, 0.15) is 0 Å². The number of fused-ring (bicyclic) bond motifs is 1. The van der Waals surface area contributed by atoms with Gasteiger partial charge < -0.3 is 0 Å². The third kappa shape index (κ3) is 1.72. The van der Waals surface area contributed by atoms with Gasteiger partial charge in [-0.1, -0.05) is 0 Å². The molecule has 2 heterocycles. The Bertz CT molecular complexity index is 676. The predicted molar refractivity (Wildman–Crippen MR) is 66.1 cm³/mol. The van der Waals surface area contributed by atoms with Crippen LogP contribution < -0.4 is 0 Å². The van der Waals surface area contributed by atoms with Crippen molar-refractivity contribution in [3.63, 3.8) is 0 Å². The Balaban J connectivity index is 2.24. The van der Waals surface area contributed by atoms with Crippen molar-refractivity contribution < 1.29 is 4.39 Å². The van der Waals surface area contributed by atoms with Crippen molar-refractivity contribution in [2.45, 2.75) is 0 Å². The van der Waals surface area contributed by atoms with Crippen LogP contribution in [0.25, 0.3) is 17.0 Å². The molecule has 3 rings (SSSR count). The fraction of sp³-hybridized carbons (Fsp3) is 0. The summed E-state index contributed by atoms with van der Waals surface area (Å²) in [5.41, 5.74) is 1.57. The van der Waals surface area contributed by atoms with Crippen molar-refractivity contribution in [2.24, 2.45) is 0 Å². The molecule has 0 radical (unpaired) electrons. The van der Waals surface area contributed by atoms with E-state index in [1.807, 2.05) is 22.7 Å². The van der Waals surface area contributed by atoms with Crippen molar-refractivity contribution in [3.8, 4) is 11.4 Å². The zero-order valence-electron chi connectivity index (χ0n) is 8.64. The summed E-state index contributed by atoms with van der Waals surface area (Å²) in [6.45, 7) is 0. The molecule has 84 valence electrons. The van der Waals surface area contributed by atoms with Crippen molar-refractivity contribution in [2.75, 3.05) is 0 Å². The number of rotatable bonds is 1. The lowest BCUT2D eigenvalue weighted by Crippen LogP contribution is -1.89. The molecule has 0 fully saturated rings. The third-order valence-electron chi connectivity index (χ3n) is 2.49. The molecule has 0 saturated heterocycles. The monoisotopic (exact) mass is 291 g/mol. The van der Waals surface area contributed by atoms with Crippen LogP contribution in [0.2, 0.25) is 0 Å². The SMILES string of the molecule is Fc1ccc(-c2nnc3c(Br)cccn23)cc1. The quantitative estimate of drug-likeness (QED) is 0.689. The Kier molecular flexibility index (Phi) is 2.40. The summed E-state index contributed by atoms with van der Waals surface area (Å²) < 4.78 is 15.6. The summed E-state index contributed by atoms with van der Waals surface area (Å²) in [5, 5.41) is 8.21. The molecule has 0 N–H and O–H groups in total. The Morgan fingerprint density at radius 3 is 2.59 bits per heavy atom. The van der Waals surface area contributed by atoms with E-state index in [1.165, 1.54) is 12.1 Å². The van der Waals surface area contributed by atoms with Crippen LogP contribution in [-0.2, 0) is 0 Å². The lowest BCUT2D eigenvalue weighted by molar-refractivity contribution is 0.628. The predicted octanol–water partition coefficient (Wildman–Crippen LogP) is 3.30. The number of pyridine rings is 1. The van der Waals surface area contributed by atoms with Crippen molar-refractivity contribution in [3.05, 3.63) is 52.9 Å². The highest BCUT2D eigenvalue weighted by atomic mass is 79.9. The molecule has 0 aliphatic rings. The maximum absolute atomic E-state index is 12.9. The maximum Gasteiger partial charge on any atom is 0.175 e. The van der Waals surface area contributed by atoms with Gasteiger partial charge in [-0.05, 0) is 52.3 Å². The summed E-state index contributed by atoms with van der Waals surface area (Å²) in [7, 11) is 0. The minimum absolute atomic E-state index is 0.260. The first-order valence-corrected chi connectivity index (χ1v) is 5.80. The van der Waals surface area contributed by atoms with Gasteiger partial charge in [0.05, 0.1) is 4.47 Å². The first-order valence-electron chi connectivity index (χ1n) is 5.01. The highest BCUT2D eigenvalue weighted by Crippen LogP contribution is 2.22.